The zero-order chi connectivity index (χ0) is 16.4. The number of aromatic nitrogens is 2. The van der Waals surface area contributed by atoms with E-state index in [1.807, 2.05) is 66.9 Å². The van der Waals surface area contributed by atoms with Crippen LogP contribution < -0.4 is 0 Å². The van der Waals surface area contributed by atoms with E-state index in [0.717, 1.165) is 34.0 Å². The molecule has 0 radical (unpaired) electrons. The van der Waals surface area contributed by atoms with E-state index in [2.05, 4.69) is 29.5 Å². The fraction of sp³-hybridized carbons (Fsp3) is 0.0476. The molecule has 0 saturated carbocycles. The molecular formula is C21H17N3. The minimum absolute atomic E-state index is 0.859. The van der Waals surface area contributed by atoms with E-state index < -0.39 is 0 Å². The summed E-state index contributed by atoms with van der Waals surface area (Å²) in [6.07, 6.45) is 1.89. The maximum Gasteiger partial charge on any atom is 0.165 e. The molecule has 0 spiro atoms. The van der Waals surface area contributed by atoms with Gasteiger partial charge in [0.1, 0.15) is 11.3 Å². The Morgan fingerprint density at radius 3 is 2.29 bits per heavy atom. The molecule has 0 atom stereocenters. The summed E-state index contributed by atoms with van der Waals surface area (Å²) in [5.74, 6) is 0.859. The SMILES string of the molecule is Cc1cccc2nc(-c3ccccc3)c(/N=C/c3ccccc3)n12. The Kier molecular flexibility index (Phi) is 3.67. The van der Waals surface area contributed by atoms with E-state index in [0.29, 0.717) is 0 Å². The summed E-state index contributed by atoms with van der Waals surface area (Å²) in [4.78, 5) is 9.58. The van der Waals surface area contributed by atoms with Crippen LogP contribution in [-0.4, -0.2) is 15.6 Å². The molecule has 0 unspecified atom stereocenters. The minimum Gasteiger partial charge on any atom is -0.281 e. The molecular weight excluding hydrogens is 294 g/mol. The third-order valence-corrected chi connectivity index (χ3v) is 4.00. The lowest BCUT2D eigenvalue weighted by atomic mass is 10.1. The van der Waals surface area contributed by atoms with Crippen LogP contribution in [0.5, 0.6) is 0 Å². The number of imidazole rings is 1. The summed E-state index contributed by atoms with van der Waals surface area (Å²) in [7, 11) is 0. The third kappa shape index (κ3) is 2.61. The number of aryl methyl sites for hydroxylation is 1. The Hall–Kier alpha value is -3.20. The number of fused-ring (bicyclic) bond motifs is 1. The molecule has 0 aliphatic carbocycles. The van der Waals surface area contributed by atoms with Crippen LogP contribution in [0.25, 0.3) is 16.9 Å². The van der Waals surface area contributed by atoms with Gasteiger partial charge < -0.3 is 0 Å². The van der Waals surface area contributed by atoms with Gasteiger partial charge >= 0.3 is 0 Å². The lowest BCUT2D eigenvalue weighted by molar-refractivity contribution is 1.08. The summed E-state index contributed by atoms with van der Waals surface area (Å²) in [5.41, 5.74) is 5.06. The Balaban J connectivity index is 1.93. The summed E-state index contributed by atoms with van der Waals surface area (Å²) < 4.78 is 2.10. The highest BCUT2D eigenvalue weighted by atomic mass is 15.1. The fourth-order valence-corrected chi connectivity index (χ4v) is 2.82. The molecule has 0 saturated heterocycles. The van der Waals surface area contributed by atoms with Crippen molar-refractivity contribution < 1.29 is 0 Å². The van der Waals surface area contributed by atoms with Crippen LogP contribution in [0.1, 0.15) is 11.3 Å². The van der Waals surface area contributed by atoms with Gasteiger partial charge in [0.25, 0.3) is 0 Å². The molecule has 4 aromatic rings. The first-order valence-corrected chi connectivity index (χ1v) is 7.95. The van der Waals surface area contributed by atoms with Gasteiger partial charge in [0, 0.05) is 17.5 Å². The van der Waals surface area contributed by atoms with E-state index in [1.165, 1.54) is 0 Å². The number of hydrogen-bond acceptors (Lipinski definition) is 2. The highest BCUT2D eigenvalue weighted by Crippen LogP contribution is 2.31. The van der Waals surface area contributed by atoms with Gasteiger partial charge in [0.15, 0.2) is 5.82 Å². The summed E-state index contributed by atoms with van der Waals surface area (Å²) in [5, 5.41) is 0. The van der Waals surface area contributed by atoms with Gasteiger partial charge in [0.2, 0.25) is 0 Å². The molecule has 4 rings (SSSR count). The quantitative estimate of drug-likeness (QED) is 0.486. The van der Waals surface area contributed by atoms with Crippen molar-refractivity contribution in [3.63, 3.8) is 0 Å². The second kappa shape index (κ2) is 6.13. The minimum atomic E-state index is 0.859. The first-order valence-electron chi connectivity index (χ1n) is 7.95. The predicted molar refractivity (Wildman–Crippen MR) is 99.1 cm³/mol. The molecule has 3 heteroatoms. The molecule has 24 heavy (non-hydrogen) atoms. The van der Waals surface area contributed by atoms with Crippen LogP contribution in [0, 0.1) is 6.92 Å². The zero-order valence-corrected chi connectivity index (χ0v) is 13.4. The molecule has 2 aromatic heterocycles. The molecule has 0 amide bonds. The van der Waals surface area contributed by atoms with Crippen LogP contribution in [0.2, 0.25) is 0 Å². The summed E-state index contributed by atoms with van der Waals surface area (Å²) >= 11 is 0. The molecule has 116 valence electrons. The number of benzene rings is 2. The van der Waals surface area contributed by atoms with Gasteiger partial charge in [-0.1, -0.05) is 66.7 Å². The topological polar surface area (TPSA) is 29.7 Å². The second-order valence-corrected chi connectivity index (χ2v) is 5.68. The predicted octanol–water partition coefficient (Wildman–Crippen LogP) is 5.06. The van der Waals surface area contributed by atoms with E-state index in [9.17, 15) is 0 Å². The normalized spacial score (nSPS) is 11.4. The van der Waals surface area contributed by atoms with E-state index >= 15 is 0 Å². The molecule has 0 aliphatic rings. The van der Waals surface area contributed by atoms with Crippen LogP contribution in [-0.2, 0) is 0 Å². The van der Waals surface area contributed by atoms with Crippen molar-refractivity contribution in [1.82, 2.24) is 9.38 Å². The molecule has 0 N–H and O–H groups in total. The van der Waals surface area contributed by atoms with Crippen LogP contribution in [0.3, 0.4) is 0 Å². The monoisotopic (exact) mass is 311 g/mol. The number of pyridine rings is 1. The lowest BCUT2D eigenvalue weighted by Gasteiger charge is -2.03. The molecule has 0 aliphatic heterocycles. The van der Waals surface area contributed by atoms with Gasteiger partial charge in [-0.25, -0.2) is 9.98 Å². The average molecular weight is 311 g/mol. The number of rotatable bonds is 3. The standard InChI is InChI=1S/C21H17N3/c1-16-9-8-14-19-23-20(18-12-6-3-7-13-18)21(24(16)19)22-15-17-10-4-2-5-11-17/h2-15H,1H3/b22-15+. The Bertz CT molecular complexity index is 999. The Labute approximate surface area is 141 Å². The van der Waals surface area contributed by atoms with Gasteiger partial charge in [-0.05, 0) is 24.6 Å². The highest BCUT2D eigenvalue weighted by molar-refractivity contribution is 5.85. The van der Waals surface area contributed by atoms with E-state index in [1.54, 1.807) is 0 Å². The summed E-state index contributed by atoms with van der Waals surface area (Å²) in [6, 6.07) is 26.4. The summed E-state index contributed by atoms with van der Waals surface area (Å²) in [6.45, 7) is 2.07. The average Bonchev–Trinajstić information content (AvgIpc) is 3.01. The molecule has 0 bridgehead atoms. The smallest absolute Gasteiger partial charge is 0.165 e. The molecule has 0 fully saturated rings. The maximum absolute atomic E-state index is 4.81. The van der Waals surface area contributed by atoms with Gasteiger partial charge in [-0.3, -0.25) is 4.40 Å². The number of hydrogen-bond donors (Lipinski definition) is 0. The van der Waals surface area contributed by atoms with Crippen molar-refractivity contribution >= 4 is 17.7 Å². The highest BCUT2D eigenvalue weighted by Gasteiger charge is 2.14. The molecule has 2 aromatic carbocycles. The first kappa shape index (κ1) is 14.4. The Morgan fingerprint density at radius 1 is 0.833 bits per heavy atom. The van der Waals surface area contributed by atoms with Crippen LogP contribution in [0.15, 0.2) is 83.9 Å². The van der Waals surface area contributed by atoms with Gasteiger partial charge in [-0.15, -0.1) is 0 Å². The van der Waals surface area contributed by atoms with Gasteiger partial charge in [-0.2, -0.15) is 0 Å². The van der Waals surface area contributed by atoms with E-state index in [-0.39, 0.29) is 0 Å². The van der Waals surface area contributed by atoms with Crippen molar-refractivity contribution in [3.8, 4) is 11.3 Å². The fourth-order valence-electron chi connectivity index (χ4n) is 2.82. The van der Waals surface area contributed by atoms with Gasteiger partial charge in [0.05, 0.1) is 0 Å². The third-order valence-electron chi connectivity index (χ3n) is 4.00. The molecule has 2 heterocycles. The van der Waals surface area contributed by atoms with Crippen LogP contribution in [0.4, 0.5) is 5.82 Å². The Morgan fingerprint density at radius 2 is 1.54 bits per heavy atom. The first-order chi connectivity index (χ1) is 11.8. The maximum atomic E-state index is 4.81. The second-order valence-electron chi connectivity index (χ2n) is 5.68. The number of nitrogens with zero attached hydrogens (tertiary/aromatic N) is 3. The van der Waals surface area contributed by atoms with Crippen molar-refractivity contribution in [2.75, 3.05) is 0 Å². The van der Waals surface area contributed by atoms with E-state index in [4.69, 9.17) is 9.98 Å². The van der Waals surface area contributed by atoms with Crippen molar-refractivity contribution in [1.29, 1.82) is 0 Å². The lowest BCUT2D eigenvalue weighted by Crippen LogP contribution is -1.90. The number of aliphatic imine (C=N–C) groups is 1. The largest absolute Gasteiger partial charge is 0.281 e. The van der Waals surface area contributed by atoms with Crippen molar-refractivity contribution in [3.05, 3.63) is 90.1 Å². The zero-order valence-electron chi connectivity index (χ0n) is 13.4. The van der Waals surface area contributed by atoms with Crippen LogP contribution >= 0.6 is 0 Å². The van der Waals surface area contributed by atoms with Crippen molar-refractivity contribution in [2.45, 2.75) is 6.92 Å². The molecule has 3 nitrogen and oxygen atoms in total. The van der Waals surface area contributed by atoms with Crippen molar-refractivity contribution in [2.24, 2.45) is 4.99 Å².